The van der Waals surface area contributed by atoms with E-state index in [-0.39, 0.29) is 11.5 Å². The van der Waals surface area contributed by atoms with Gasteiger partial charge in [-0.15, -0.1) is 0 Å². The number of ether oxygens (including phenoxy) is 2. The van der Waals surface area contributed by atoms with Crippen LogP contribution < -0.4 is 5.32 Å². The monoisotopic (exact) mass is 344 g/mol. The van der Waals surface area contributed by atoms with E-state index in [9.17, 15) is 4.79 Å². The predicted molar refractivity (Wildman–Crippen MR) is 95.1 cm³/mol. The largest absolute Gasteiger partial charge is 0.444 e. The Hall–Kier alpha value is -0.460. The van der Waals surface area contributed by atoms with Gasteiger partial charge in [0.15, 0.2) is 0 Å². The number of thioether (sulfide) groups is 1. The molecule has 1 spiro atoms. The van der Waals surface area contributed by atoms with Gasteiger partial charge in [-0.05, 0) is 39.9 Å². The number of nitrogens with zero attached hydrogens (tertiary/aromatic N) is 1. The molecule has 2 unspecified atom stereocenters. The average Bonchev–Trinajstić information content (AvgIpc) is 2.82. The lowest BCUT2D eigenvalue weighted by Crippen LogP contribution is -2.48. The van der Waals surface area contributed by atoms with Crippen LogP contribution in [0.2, 0.25) is 0 Å². The van der Waals surface area contributed by atoms with Crippen LogP contribution in [0, 0.1) is 5.41 Å². The zero-order chi connectivity index (χ0) is 17.1. The zero-order valence-corrected chi connectivity index (χ0v) is 16.0. The minimum atomic E-state index is -0.446. The summed E-state index contributed by atoms with van der Waals surface area (Å²) in [4.78, 5) is 14.4. The summed E-state index contributed by atoms with van der Waals surface area (Å²) in [6.07, 6.45) is 3.97. The van der Waals surface area contributed by atoms with E-state index >= 15 is 0 Å². The highest BCUT2D eigenvalue weighted by Gasteiger charge is 2.49. The predicted octanol–water partition coefficient (Wildman–Crippen LogP) is 2.74. The van der Waals surface area contributed by atoms with Crippen LogP contribution in [-0.2, 0) is 9.47 Å². The molecule has 2 aliphatic rings. The van der Waals surface area contributed by atoms with Gasteiger partial charge < -0.3 is 19.7 Å². The SMILES string of the molecule is CSC(C)CNC1CN(C(=O)OC(C)(C)C)CC12CCOCC2. The number of carbonyl (C=O) groups excluding carboxylic acids is 1. The normalized spacial score (nSPS) is 25.6. The maximum Gasteiger partial charge on any atom is 0.410 e. The van der Waals surface area contributed by atoms with Gasteiger partial charge in [-0.25, -0.2) is 4.79 Å². The zero-order valence-electron chi connectivity index (χ0n) is 15.2. The van der Waals surface area contributed by atoms with Crippen molar-refractivity contribution in [3.63, 3.8) is 0 Å². The molecule has 0 aliphatic carbocycles. The lowest BCUT2D eigenvalue weighted by molar-refractivity contribution is 0.00213. The van der Waals surface area contributed by atoms with Crippen LogP contribution in [0.3, 0.4) is 0 Å². The Morgan fingerprint density at radius 1 is 1.43 bits per heavy atom. The molecule has 1 amide bonds. The molecule has 0 aromatic carbocycles. The highest BCUT2D eigenvalue weighted by Crippen LogP contribution is 2.40. The number of carbonyl (C=O) groups is 1. The third kappa shape index (κ3) is 5.00. The molecule has 0 radical (unpaired) electrons. The molecule has 23 heavy (non-hydrogen) atoms. The van der Waals surface area contributed by atoms with E-state index in [1.807, 2.05) is 37.4 Å². The van der Waals surface area contributed by atoms with E-state index in [0.717, 1.165) is 45.7 Å². The minimum absolute atomic E-state index is 0.132. The maximum absolute atomic E-state index is 12.5. The third-order valence-corrected chi connectivity index (χ3v) is 5.81. The van der Waals surface area contributed by atoms with Crippen molar-refractivity contribution in [3.05, 3.63) is 0 Å². The Bertz CT molecular complexity index is 405. The topological polar surface area (TPSA) is 50.8 Å². The summed E-state index contributed by atoms with van der Waals surface area (Å²) in [5, 5.41) is 4.29. The molecular formula is C17H32N2O3S. The fourth-order valence-corrected chi connectivity index (χ4v) is 3.65. The maximum atomic E-state index is 12.5. The van der Waals surface area contributed by atoms with Crippen molar-refractivity contribution in [1.29, 1.82) is 0 Å². The molecule has 2 rings (SSSR count). The van der Waals surface area contributed by atoms with E-state index in [0.29, 0.717) is 11.3 Å². The Balaban J connectivity index is 2.04. The van der Waals surface area contributed by atoms with Gasteiger partial charge in [0.25, 0.3) is 0 Å². The molecule has 2 heterocycles. The molecular weight excluding hydrogens is 312 g/mol. The van der Waals surface area contributed by atoms with Crippen molar-refractivity contribution in [2.75, 3.05) is 39.1 Å². The lowest BCUT2D eigenvalue weighted by Gasteiger charge is -2.38. The van der Waals surface area contributed by atoms with Gasteiger partial charge in [-0.2, -0.15) is 11.8 Å². The number of rotatable bonds is 4. The summed E-state index contributed by atoms with van der Waals surface area (Å²) in [6.45, 7) is 12.0. The first-order chi connectivity index (χ1) is 10.8. The summed E-state index contributed by atoms with van der Waals surface area (Å²) < 4.78 is 11.1. The number of amides is 1. The van der Waals surface area contributed by atoms with Crippen LogP contribution in [0.1, 0.15) is 40.5 Å². The molecule has 2 aliphatic heterocycles. The van der Waals surface area contributed by atoms with E-state index in [1.165, 1.54) is 0 Å². The fourth-order valence-electron chi connectivity index (χ4n) is 3.39. The van der Waals surface area contributed by atoms with Gasteiger partial charge in [0.05, 0.1) is 0 Å². The minimum Gasteiger partial charge on any atom is -0.444 e. The van der Waals surface area contributed by atoms with Crippen molar-refractivity contribution < 1.29 is 14.3 Å². The first kappa shape index (κ1) is 18.9. The van der Waals surface area contributed by atoms with Crippen molar-refractivity contribution in [2.24, 2.45) is 5.41 Å². The van der Waals surface area contributed by atoms with Crippen LogP contribution in [0.15, 0.2) is 0 Å². The van der Waals surface area contributed by atoms with Crippen LogP contribution in [0.25, 0.3) is 0 Å². The molecule has 0 aromatic rings. The second kappa shape index (κ2) is 7.62. The van der Waals surface area contributed by atoms with Gasteiger partial charge in [-0.1, -0.05) is 6.92 Å². The summed E-state index contributed by atoms with van der Waals surface area (Å²) in [5.74, 6) is 0. The first-order valence-electron chi connectivity index (χ1n) is 8.58. The Kier molecular flexibility index (Phi) is 6.25. The Morgan fingerprint density at radius 3 is 2.65 bits per heavy atom. The van der Waals surface area contributed by atoms with Gasteiger partial charge >= 0.3 is 6.09 Å². The standard InChI is InChI=1S/C17H32N2O3S/c1-13(23-5)10-18-14-11-19(15(20)22-16(2,3)4)12-17(14)6-8-21-9-7-17/h13-14,18H,6-12H2,1-5H3. The highest BCUT2D eigenvalue weighted by atomic mass is 32.2. The van der Waals surface area contributed by atoms with Gasteiger partial charge in [0.2, 0.25) is 0 Å². The van der Waals surface area contributed by atoms with Gasteiger partial charge in [0, 0.05) is 49.6 Å². The van der Waals surface area contributed by atoms with E-state index in [2.05, 4.69) is 18.5 Å². The summed E-state index contributed by atoms with van der Waals surface area (Å²) in [5.41, 5.74) is -0.313. The van der Waals surface area contributed by atoms with Crippen molar-refractivity contribution in [1.82, 2.24) is 10.2 Å². The van der Waals surface area contributed by atoms with Crippen molar-refractivity contribution in [2.45, 2.75) is 57.4 Å². The molecule has 134 valence electrons. The Labute approximate surface area is 144 Å². The number of likely N-dealkylation sites (tertiary alicyclic amines) is 1. The van der Waals surface area contributed by atoms with Crippen LogP contribution >= 0.6 is 11.8 Å². The van der Waals surface area contributed by atoms with E-state index in [4.69, 9.17) is 9.47 Å². The molecule has 1 N–H and O–H groups in total. The first-order valence-corrected chi connectivity index (χ1v) is 9.86. The molecule has 2 atom stereocenters. The third-order valence-electron chi connectivity index (χ3n) is 4.84. The molecule has 2 saturated heterocycles. The lowest BCUT2D eigenvalue weighted by atomic mass is 9.76. The highest BCUT2D eigenvalue weighted by molar-refractivity contribution is 7.99. The number of hydrogen-bond acceptors (Lipinski definition) is 5. The van der Waals surface area contributed by atoms with Crippen molar-refractivity contribution in [3.8, 4) is 0 Å². The molecule has 0 bridgehead atoms. The quantitative estimate of drug-likeness (QED) is 0.850. The molecule has 5 nitrogen and oxygen atoms in total. The summed E-state index contributed by atoms with van der Waals surface area (Å²) in [7, 11) is 0. The number of hydrogen-bond donors (Lipinski definition) is 1. The van der Waals surface area contributed by atoms with E-state index < -0.39 is 5.60 Å². The molecule has 0 saturated carbocycles. The van der Waals surface area contributed by atoms with Crippen molar-refractivity contribution >= 4 is 17.9 Å². The smallest absolute Gasteiger partial charge is 0.410 e. The second-order valence-corrected chi connectivity index (χ2v) is 9.12. The average molecular weight is 345 g/mol. The summed E-state index contributed by atoms with van der Waals surface area (Å²) >= 11 is 1.87. The van der Waals surface area contributed by atoms with Crippen LogP contribution in [0.4, 0.5) is 4.79 Å². The molecule has 0 aromatic heterocycles. The fraction of sp³-hybridized carbons (Fsp3) is 0.941. The van der Waals surface area contributed by atoms with E-state index in [1.54, 1.807) is 0 Å². The van der Waals surface area contributed by atoms with Crippen LogP contribution in [0.5, 0.6) is 0 Å². The van der Waals surface area contributed by atoms with Gasteiger partial charge in [-0.3, -0.25) is 0 Å². The Morgan fingerprint density at radius 2 is 2.09 bits per heavy atom. The van der Waals surface area contributed by atoms with Crippen LogP contribution in [-0.4, -0.2) is 67.0 Å². The second-order valence-electron chi connectivity index (χ2n) is 7.84. The van der Waals surface area contributed by atoms with Gasteiger partial charge in [0.1, 0.15) is 5.60 Å². The number of nitrogens with one attached hydrogen (secondary N) is 1. The molecule has 6 heteroatoms. The summed E-state index contributed by atoms with van der Waals surface area (Å²) in [6, 6.07) is 0.327. The molecule has 2 fully saturated rings.